The van der Waals surface area contributed by atoms with Crippen LogP contribution in [0.5, 0.6) is 5.75 Å². The summed E-state index contributed by atoms with van der Waals surface area (Å²) < 4.78 is 5.43. The Bertz CT molecular complexity index is 965. The average molecular weight is 366 g/mol. The fourth-order valence-corrected chi connectivity index (χ4v) is 2.69. The molecule has 140 valence electrons. The van der Waals surface area contributed by atoms with Crippen LogP contribution < -0.4 is 15.8 Å². The second kappa shape index (κ2) is 8.35. The quantitative estimate of drug-likeness (QED) is 0.569. The monoisotopic (exact) mass is 366 g/mol. The molecule has 0 spiro atoms. The van der Waals surface area contributed by atoms with Gasteiger partial charge in [0, 0.05) is 17.7 Å². The van der Waals surface area contributed by atoms with Crippen molar-refractivity contribution in [1.29, 1.82) is 0 Å². The molecule has 7 nitrogen and oxygen atoms in total. The number of benzene rings is 2. The van der Waals surface area contributed by atoms with Gasteiger partial charge < -0.3 is 20.8 Å². The molecule has 0 bridgehead atoms. The van der Waals surface area contributed by atoms with Crippen molar-refractivity contribution in [3.8, 4) is 5.75 Å². The van der Waals surface area contributed by atoms with Gasteiger partial charge in [0.2, 0.25) is 5.91 Å². The number of amides is 2. The van der Waals surface area contributed by atoms with Gasteiger partial charge in [-0.1, -0.05) is 19.4 Å². The Morgan fingerprint density at radius 2 is 2.07 bits per heavy atom. The van der Waals surface area contributed by atoms with Gasteiger partial charge in [-0.3, -0.25) is 9.59 Å². The van der Waals surface area contributed by atoms with E-state index in [4.69, 9.17) is 10.5 Å². The zero-order valence-corrected chi connectivity index (χ0v) is 15.1. The molecule has 27 heavy (non-hydrogen) atoms. The van der Waals surface area contributed by atoms with E-state index in [1.54, 1.807) is 24.3 Å². The first kappa shape index (κ1) is 18.4. The van der Waals surface area contributed by atoms with Crippen LogP contribution in [0.2, 0.25) is 0 Å². The molecule has 2 amide bonds. The maximum atomic E-state index is 12.1. The van der Waals surface area contributed by atoms with Crippen LogP contribution >= 0.6 is 0 Å². The molecule has 3 rings (SSSR count). The second-order valence-corrected chi connectivity index (χ2v) is 6.25. The van der Waals surface area contributed by atoms with Crippen molar-refractivity contribution < 1.29 is 14.3 Å². The number of carbonyl (C=O) groups excluding carboxylic acids is 2. The van der Waals surface area contributed by atoms with Crippen LogP contribution in [0.1, 0.15) is 35.9 Å². The van der Waals surface area contributed by atoms with Crippen LogP contribution in [0.15, 0.2) is 42.5 Å². The van der Waals surface area contributed by atoms with E-state index >= 15 is 0 Å². The Balaban J connectivity index is 1.60. The summed E-state index contributed by atoms with van der Waals surface area (Å²) in [5.74, 6) is 0.514. The molecule has 0 aliphatic heterocycles. The number of hydrogen-bond acceptors (Lipinski definition) is 4. The van der Waals surface area contributed by atoms with Crippen LogP contribution in [-0.2, 0) is 11.2 Å². The number of aromatic amines is 1. The lowest BCUT2D eigenvalue weighted by Crippen LogP contribution is -2.20. The first-order valence-corrected chi connectivity index (χ1v) is 8.86. The van der Waals surface area contributed by atoms with E-state index in [0.29, 0.717) is 17.0 Å². The summed E-state index contributed by atoms with van der Waals surface area (Å²) >= 11 is 0. The first-order chi connectivity index (χ1) is 13.0. The van der Waals surface area contributed by atoms with Gasteiger partial charge in [0.25, 0.3) is 5.91 Å². The van der Waals surface area contributed by atoms with Crippen LogP contribution in [0, 0.1) is 0 Å². The van der Waals surface area contributed by atoms with Gasteiger partial charge in [-0.15, -0.1) is 0 Å². The van der Waals surface area contributed by atoms with E-state index in [2.05, 4.69) is 22.2 Å². The lowest BCUT2D eigenvalue weighted by molar-refractivity contribution is -0.118. The summed E-state index contributed by atoms with van der Waals surface area (Å²) in [5.41, 5.74) is 7.98. The van der Waals surface area contributed by atoms with Gasteiger partial charge >= 0.3 is 0 Å². The molecule has 7 heteroatoms. The molecule has 3 aromatic rings. The van der Waals surface area contributed by atoms with Crippen LogP contribution in [0.4, 0.5) is 5.69 Å². The van der Waals surface area contributed by atoms with Crippen molar-refractivity contribution in [2.75, 3.05) is 11.9 Å². The van der Waals surface area contributed by atoms with Crippen molar-refractivity contribution in [3.05, 3.63) is 53.9 Å². The molecule has 0 unspecified atom stereocenters. The fraction of sp³-hybridized carbons (Fsp3) is 0.250. The normalized spacial score (nSPS) is 10.7. The van der Waals surface area contributed by atoms with Crippen LogP contribution in [0.3, 0.4) is 0 Å². The highest BCUT2D eigenvalue weighted by atomic mass is 16.5. The minimum atomic E-state index is -0.545. The summed E-state index contributed by atoms with van der Waals surface area (Å²) in [7, 11) is 0. The number of aryl methyl sites for hydroxylation is 1. The highest BCUT2D eigenvalue weighted by Gasteiger charge is 2.08. The summed E-state index contributed by atoms with van der Waals surface area (Å²) in [4.78, 5) is 31.1. The number of nitrogens with two attached hydrogens (primary N) is 1. The lowest BCUT2D eigenvalue weighted by atomic mass is 10.2. The number of rotatable bonds is 8. The Kier molecular flexibility index (Phi) is 5.71. The van der Waals surface area contributed by atoms with Gasteiger partial charge in [-0.05, 0) is 42.8 Å². The highest BCUT2D eigenvalue weighted by molar-refractivity contribution is 5.94. The number of nitrogens with zero attached hydrogens (tertiary/aromatic N) is 1. The largest absolute Gasteiger partial charge is 0.484 e. The number of fused-ring (bicyclic) bond motifs is 1. The van der Waals surface area contributed by atoms with E-state index in [-0.39, 0.29) is 12.5 Å². The summed E-state index contributed by atoms with van der Waals surface area (Å²) in [5, 5.41) is 2.79. The number of anilines is 1. The number of ether oxygens (including phenoxy) is 1. The molecule has 0 aliphatic carbocycles. The molecule has 4 N–H and O–H groups in total. The molecule has 1 aromatic heterocycles. The van der Waals surface area contributed by atoms with Crippen molar-refractivity contribution in [3.63, 3.8) is 0 Å². The second-order valence-electron chi connectivity index (χ2n) is 6.25. The predicted octanol–water partition coefficient (Wildman–Crippen LogP) is 3.02. The molecule has 1 heterocycles. The number of hydrogen-bond donors (Lipinski definition) is 3. The van der Waals surface area contributed by atoms with Crippen molar-refractivity contribution in [2.45, 2.75) is 26.2 Å². The van der Waals surface area contributed by atoms with E-state index in [1.807, 2.05) is 12.1 Å². The maximum Gasteiger partial charge on any atom is 0.262 e. The number of aromatic nitrogens is 2. The molecule has 0 radical (unpaired) electrons. The molecule has 0 saturated heterocycles. The topological polar surface area (TPSA) is 110 Å². The Hall–Kier alpha value is -3.35. The summed E-state index contributed by atoms with van der Waals surface area (Å²) in [6, 6.07) is 11.9. The third-order valence-electron chi connectivity index (χ3n) is 4.07. The molecule has 0 atom stereocenters. The average Bonchev–Trinajstić information content (AvgIpc) is 3.07. The molecular weight excluding hydrogens is 344 g/mol. The number of H-pyrrole nitrogens is 1. The minimum Gasteiger partial charge on any atom is -0.484 e. The van der Waals surface area contributed by atoms with E-state index < -0.39 is 5.91 Å². The number of imidazole rings is 1. The Morgan fingerprint density at radius 3 is 2.85 bits per heavy atom. The zero-order valence-electron chi connectivity index (χ0n) is 15.1. The highest BCUT2D eigenvalue weighted by Crippen LogP contribution is 2.18. The van der Waals surface area contributed by atoms with Crippen LogP contribution in [0.25, 0.3) is 11.0 Å². The third kappa shape index (κ3) is 4.84. The molecular formula is C20H22N4O3. The van der Waals surface area contributed by atoms with Crippen molar-refractivity contribution in [2.24, 2.45) is 5.73 Å². The molecule has 0 fully saturated rings. The van der Waals surface area contributed by atoms with Crippen molar-refractivity contribution in [1.82, 2.24) is 9.97 Å². The summed E-state index contributed by atoms with van der Waals surface area (Å²) in [6.07, 6.45) is 3.10. The number of primary amides is 1. The third-order valence-corrected chi connectivity index (χ3v) is 4.07. The predicted molar refractivity (Wildman–Crippen MR) is 104 cm³/mol. The van der Waals surface area contributed by atoms with Gasteiger partial charge in [-0.2, -0.15) is 0 Å². The summed E-state index contributed by atoms with van der Waals surface area (Å²) in [6.45, 7) is 1.97. The van der Waals surface area contributed by atoms with Gasteiger partial charge in [-0.25, -0.2) is 4.98 Å². The maximum absolute atomic E-state index is 12.1. The van der Waals surface area contributed by atoms with Crippen molar-refractivity contribution >= 4 is 28.5 Å². The van der Waals surface area contributed by atoms with Gasteiger partial charge in [0.15, 0.2) is 6.61 Å². The first-order valence-electron chi connectivity index (χ1n) is 8.86. The van der Waals surface area contributed by atoms with E-state index in [1.165, 1.54) is 6.07 Å². The minimum absolute atomic E-state index is 0.176. The van der Waals surface area contributed by atoms with E-state index in [0.717, 1.165) is 36.1 Å². The fourth-order valence-electron chi connectivity index (χ4n) is 2.69. The zero-order chi connectivity index (χ0) is 19.2. The number of carbonyl (C=O) groups is 2. The van der Waals surface area contributed by atoms with Crippen LogP contribution in [-0.4, -0.2) is 28.4 Å². The Morgan fingerprint density at radius 1 is 1.22 bits per heavy atom. The standard InChI is InChI=1S/C20H22N4O3/c1-2-3-7-18-23-16-9-8-14(11-17(16)24-18)22-19(25)12-27-15-6-4-5-13(10-15)20(21)26/h4-6,8-11H,2-3,7,12H2,1H3,(H2,21,26)(H,22,25)(H,23,24). The molecule has 0 aliphatic rings. The molecule has 0 saturated carbocycles. The van der Waals surface area contributed by atoms with Gasteiger partial charge in [0.1, 0.15) is 11.6 Å². The van der Waals surface area contributed by atoms with E-state index in [9.17, 15) is 9.59 Å². The number of nitrogens with one attached hydrogen (secondary N) is 2. The molecule has 2 aromatic carbocycles. The Labute approximate surface area is 156 Å². The van der Waals surface area contributed by atoms with Gasteiger partial charge in [0.05, 0.1) is 11.0 Å². The smallest absolute Gasteiger partial charge is 0.262 e. The number of unbranched alkanes of at least 4 members (excludes halogenated alkanes) is 1. The lowest BCUT2D eigenvalue weighted by Gasteiger charge is -2.08. The SMILES string of the molecule is CCCCc1nc2ccc(NC(=O)COc3cccc(C(N)=O)c3)cc2[nH]1.